The lowest BCUT2D eigenvalue weighted by atomic mass is 9.95. The van der Waals surface area contributed by atoms with Crippen molar-refractivity contribution in [3.8, 4) is 11.5 Å². The Labute approximate surface area is 260 Å². The van der Waals surface area contributed by atoms with Crippen LogP contribution in [0.3, 0.4) is 0 Å². The summed E-state index contributed by atoms with van der Waals surface area (Å²) in [4.78, 5) is 32.5. The molecule has 3 aromatic rings. The Morgan fingerprint density at radius 3 is 2.53 bits per heavy atom. The van der Waals surface area contributed by atoms with Gasteiger partial charge in [0.05, 0.1) is 42.8 Å². The fraction of sp³-hybridized carbons (Fsp3) is 0.296. The van der Waals surface area contributed by atoms with Gasteiger partial charge < -0.3 is 14.2 Å². The molecule has 2 heterocycles. The number of carbonyl (C=O) groups is 1. The zero-order valence-electron chi connectivity index (χ0n) is 21.3. The van der Waals surface area contributed by atoms with Gasteiger partial charge in [-0.3, -0.25) is 9.36 Å². The second-order valence-electron chi connectivity index (χ2n) is 8.67. The normalized spacial score (nSPS) is 15.4. The Hall–Kier alpha value is -1.71. The van der Waals surface area contributed by atoms with E-state index in [1.165, 1.54) is 11.3 Å². The highest BCUT2D eigenvalue weighted by Crippen LogP contribution is 2.37. The second kappa shape index (κ2) is 12.2. The fourth-order valence-corrected chi connectivity index (χ4v) is 7.72. The third-order valence-corrected chi connectivity index (χ3v) is 8.76. The van der Waals surface area contributed by atoms with Crippen molar-refractivity contribution in [3.05, 3.63) is 84.0 Å². The number of esters is 1. The van der Waals surface area contributed by atoms with Crippen molar-refractivity contribution in [2.75, 3.05) is 13.7 Å². The molecule has 1 aliphatic heterocycles. The minimum Gasteiger partial charge on any atom is -0.496 e. The molecule has 2 aromatic carbocycles. The Morgan fingerprint density at radius 1 is 1.24 bits per heavy atom. The summed E-state index contributed by atoms with van der Waals surface area (Å²) >= 11 is 9.30. The van der Waals surface area contributed by atoms with Crippen molar-refractivity contribution in [1.29, 1.82) is 0 Å². The molecule has 0 aliphatic carbocycles. The number of thiazole rings is 1. The smallest absolute Gasteiger partial charge is 0.338 e. The summed E-state index contributed by atoms with van der Waals surface area (Å²) in [5.74, 6) is 0.865. The quantitative estimate of drug-likeness (QED) is 0.231. The van der Waals surface area contributed by atoms with Gasteiger partial charge in [-0.1, -0.05) is 27.3 Å². The number of methoxy groups -OCH3 is 1. The molecule has 0 N–H and O–H groups in total. The summed E-state index contributed by atoms with van der Waals surface area (Å²) in [6.45, 7) is 7.87. The molecule has 1 aliphatic rings. The average molecular weight is 823 g/mol. The van der Waals surface area contributed by atoms with Crippen LogP contribution < -0.4 is 24.4 Å². The molecule has 200 valence electrons. The first kappa shape index (κ1) is 29.3. The van der Waals surface area contributed by atoms with Crippen LogP contribution in [0.2, 0.25) is 0 Å². The van der Waals surface area contributed by atoms with E-state index in [4.69, 9.17) is 14.2 Å². The van der Waals surface area contributed by atoms with E-state index >= 15 is 0 Å². The van der Waals surface area contributed by atoms with Crippen LogP contribution in [-0.2, 0) is 9.53 Å². The third-order valence-electron chi connectivity index (χ3n) is 5.68. The Morgan fingerprint density at radius 2 is 1.92 bits per heavy atom. The van der Waals surface area contributed by atoms with Crippen molar-refractivity contribution in [1.82, 2.24) is 4.57 Å². The molecule has 4 rings (SSSR count). The maximum atomic E-state index is 13.9. The number of hydrogen-bond donors (Lipinski definition) is 0. The zero-order chi connectivity index (χ0) is 27.7. The topological polar surface area (TPSA) is 79.1 Å². The number of nitrogens with zero attached hydrogens (tertiary/aromatic N) is 2. The van der Waals surface area contributed by atoms with Crippen LogP contribution in [0.15, 0.2) is 55.9 Å². The van der Waals surface area contributed by atoms with Crippen LogP contribution in [0.1, 0.15) is 44.9 Å². The van der Waals surface area contributed by atoms with Crippen LogP contribution >= 0.6 is 72.4 Å². The average Bonchev–Trinajstić information content (AvgIpc) is 3.14. The highest BCUT2D eigenvalue weighted by atomic mass is 127. The molecule has 1 aromatic heterocycles. The van der Waals surface area contributed by atoms with Gasteiger partial charge in [0.15, 0.2) is 4.80 Å². The van der Waals surface area contributed by atoms with E-state index in [1.807, 2.05) is 37.3 Å². The molecule has 0 radical (unpaired) electrons. The van der Waals surface area contributed by atoms with Gasteiger partial charge in [0.2, 0.25) is 0 Å². The van der Waals surface area contributed by atoms with Crippen molar-refractivity contribution in [2.45, 2.75) is 39.8 Å². The third kappa shape index (κ3) is 5.89. The van der Waals surface area contributed by atoms with Gasteiger partial charge in [-0.2, -0.15) is 0 Å². The first-order valence-corrected chi connectivity index (χ1v) is 15.5. The van der Waals surface area contributed by atoms with Gasteiger partial charge >= 0.3 is 5.97 Å². The second-order valence-corrected chi connectivity index (χ2v) is 12.9. The van der Waals surface area contributed by atoms with Crippen LogP contribution in [0, 0.1) is 7.14 Å². The highest BCUT2D eigenvalue weighted by Gasteiger charge is 2.35. The lowest BCUT2D eigenvalue weighted by molar-refractivity contribution is -0.143. The number of halogens is 3. The minimum atomic E-state index is -0.771. The number of aromatic nitrogens is 1. The van der Waals surface area contributed by atoms with Crippen LogP contribution in [0.4, 0.5) is 0 Å². The largest absolute Gasteiger partial charge is 0.496 e. The van der Waals surface area contributed by atoms with E-state index in [-0.39, 0.29) is 11.7 Å². The van der Waals surface area contributed by atoms with Gasteiger partial charge in [-0.15, -0.1) is 0 Å². The molecule has 38 heavy (non-hydrogen) atoms. The molecule has 0 bridgehead atoms. The van der Waals surface area contributed by atoms with Gasteiger partial charge in [0.25, 0.3) is 5.56 Å². The maximum absolute atomic E-state index is 13.9. The van der Waals surface area contributed by atoms with E-state index in [0.29, 0.717) is 38.5 Å². The van der Waals surface area contributed by atoms with Crippen LogP contribution in [0.5, 0.6) is 11.5 Å². The lowest BCUT2D eigenvalue weighted by Gasteiger charge is -2.26. The summed E-state index contributed by atoms with van der Waals surface area (Å²) in [5, 5.41) is 0. The first-order chi connectivity index (χ1) is 18.0. The molecule has 1 atom stereocenters. The number of hydrogen-bond acceptors (Lipinski definition) is 7. The van der Waals surface area contributed by atoms with Crippen molar-refractivity contribution < 1.29 is 19.0 Å². The van der Waals surface area contributed by atoms with E-state index in [0.717, 1.165) is 22.9 Å². The molecule has 0 saturated heterocycles. The van der Waals surface area contributed by atoms with Gasteiger partial charge in [0, 0.05) is 10.0 Å². The number of fused-ring (bicyclic) bond motifs is 1. The van der Waals surface area contributed by atoms with Gasteiger partial charge in [-0.25, -0.2) is 9.79 Å². The molecule has 0 amide bonds. The molecule has 0 spiro atoms. The van der Waals surface area contributed by atoms with Crippen molar-refractivity contribution in [2.24, 2.45) is 4.99 Å². The molecule has 11 heteroatoms. The first-order valence-electron chi connectivity index (χ1n) is 11.7. The minimum absolute atomic E-state index is 0.248. The summed E-state index contributed by atoms with van der Waals surface area (Å²) in [6.07, 6.45) is 1.52. The number of rotatable bonds is 7. The van der Waals surface area contributed by atoms with E-state index in [9.17, 15) is 9.59 Å². The number of ether oxygens (including phenoxy) is 3. The van der Waals surface area contributed by atoms with Crippen LogP contribution in [0.25, 0.3) is 6.08 Å². The standard InChI is InChI=1S/C27H25BrI2N2O5S/c1-6-36-24-18(29)9-15(10-19(24)30)11-21-25(33)32-23(17-12-16(28)7-8-20(17)35-5)22(26(34)37-13(2)3)14(4)31-27(32)38-21/h7-13,23H,6H2,1-5H3/b21-11-/t23-/m1/s1. The van der Waals surface area contributed by atoms with E-state index < -0.39 is 12.0 Å². The SMILES string of the molecule is CCOc1c(I)cc(/C=c2\sc3n(c2=O)[C@H](c2cc(Br)ccc2OC)C(C(=O)OC(C)C)=C(C)N=3)cc1I. The summed E-state index contributed by atoms with van der Waals surface area (Å²) in [7, 11) is 1.56. The van der Waals surface area contributed by atoms with E-state index in [1.54, 1.807) is 38.5 Å². The van der Waals surface area contributed by atoms with E-state index in [2.05, 4.69) is 66.1 Å². The molecule has 7 nitrogen and oxygen atoms in total. The molecule has 0 unspecified atom stereocenters. The van der Waals surface area contributed by atoms with Gasteiger partial charge in [-0.05, 0) is 115 Å². The molecular formula is C27H25BrI2N2O5S. The predicted molar refractivity (Wildman–Crippen MR) is 169 cm³/mol. The number of allylic oxidation sites excluding steroid dienone is 1. The van der Waals surface area contributed by atoms with Crippen LogP contribution in [-0.4, -0.2) is 30.4 Å². The number of carbonyl (C=O) groups excluding carboxylic acids is 1. The molecule has 0 fully saturated rings. The lowest BCUT2D eigenvalue weighted by Crippen LogP contribution is -2.40. The summed E-state index contributed by atoms with van der Waals surface area (Å²) < 4.78 is 21.8. The summed E-state index contributed by atoms with van der Waals surface area (Å²) in [6, 6.07) is 8.71. The van der Waals surface area contributed by atoms with Gasteiger partial charge in [0.1, 0.15) is 17.5 Å². The Bertz CT molecular complexity index is 1600. The zero-order valence-corrected chi connectivity index (χ0v) is 28.0. The number of benzene rings is 2. The fourth-order valence-electron chi connectivity index (χ4n) is 4.17. The molecule has 0 saturated carbocycles. The predicted octanol–water partition coefficient (Wildman–Crippen LogP) is 5.57. The maximum Gasteiger partial charge on any atom is 0.338 e. The monoisotopic (exact) mass is 822 g/mol. The summed E-state index contributed by atoms with van der Waals surface area (Å²) in [5.41, 5.74) is 2.09. The Kier molecular flexibility index (Phi) is 9.41. The highest BCUT2D eigenvalue weighted by molar-refractivity contribution is 14.1. The Balaban J connectivity index is 1.97. The van der Waals surface area contributed by atoms with Crippen molar-refractivity contribution >= 4 is 84.5 Å². The molecular weight excluding hydrogens is 798 g/mol. The van der Waals surface area contributed by atoms with Crippen molar-refractivity contribution in [3.63, 3.8) is 0 Å².